The van der Waals surface area contributed by atoms with Crippen LogP contribution in [0.4, 0.5) is 0 Å². The van der Waals surface area contributed by atoms with Gasteiger partial charge in [-0.3, -0.25) is 4.79 Å². The second kappa shape index (κ2) is 9.87. The molecule has 2 saturated heterocycles. The van der Waals surface area contributed by atoms with Gasteiger partial charge in [0.2, 0.25) is 15.9 Å². The van der Waals surface area contributed by atoms with Crippen LogP contribution in [-0.2, 0) is 14.8 Å². The number of carbonyl (C=O) groups is 1. The van der Waals surface area contributed by atoms with E-state index in [0.29, 0.717) is 18.9 Å². The maximum absolute atomic E-state index is 13.0. The Morgan fingerprint density at radius 3 is 2.41 bits per heavy atom. The number of likely N-dealkylation sites (tertiary alicyclic amines) is 1. The lowest BCUT2D eigenvalue weighted by Crippen LogP contribution is -2.50. The highest BCUT2D eigenvalue weighted by Gasteiger charge is 2.41. The molecule has 0 aliphatic carbocycles. The van der Waals surface area contributed by atoms with E-state index in [2.05, 4.69) is 12.2 Å². The lowest BCUT2D eigenvalue weighted by Gasteiger charge is -2.35. The summed E-state index contributed by atoms with van der Waals surface area (Å²) in [5.41, 5.74) is 0. The van der Waals surface area contributed by atoms with Crippen LogP contribution in [0.15, 0.2) is 35.2 Å². The van der Waals surface area contributed by atoms with Crippen LogP contribution in [0.1, 0.15) is 32.6 Å². The van der Waals surface area contributed by atoms with Crippen LogP contribution >= 0.6 is 12.4 Å². The topological polar surface area (TPSA) is 69.7 Å². The number of hydrogen-bond acceptors (Lipinski definition) is 4. The molecule has 3 rings (SSSR count). The molecule has 2 aliphatic heterocycles. The molecule has 152 valence electrons. The monoisotopic (exact) mass is 415 g/mol. The molecule has 0 saturated carbocycles. The van der Waals surface area contributed by atoms with Gasteiger partial charge in [-0.25, -0.2) is 8.42 Å². The fourth-order valence-electron chi connectivity index (χ4n) is 3.92. The van der Waals surface area contributed by atoms with E-state index in [1.807, 2.05) is 4.90 Å². The zero-order chi connectivity index (χ0) is 18.6. The van der Waals surface area contributed by atoms with Crippen LogP contribution in [0.25, 0.3) is 0 Å². The quantitative estimate of drug-likeness (QED) is 0.772. The third-order valence-electron chi connectivity index (χ3n) is 5.45. The Morgan fingerprint density at radius 1 is 1.11 bits per heavy atom. The van der Waals surface area contributed by atoms with E-state index in [1.165, 1.54) is 4.31 Å². The predicted molar refractivity (Wildman–Crippen MR) is 108 cm³/mol. The van der Waals surface area contributed by atoms with Crippen LogP contribution in [0, 0.1) is 5.92 Å². The van der Waals surface area contributed by atoms with Gasteiger partial charge in [-0.2, -0.15) is 4.31 Å². The SMILES string of the molecule is CCNCC1CCN(C(=O)C2CCCN2S(=O)(=O)c2ccccc2)CC1.Cl. The van der Waals surface area contributed by atoms with Crippen molar-refractivity contribution in [3.63, 3.8) is 0 Å². The zero-order valence-electron chi connectivity index (χ0n) is 15.8. The molecular formula is C19H30ClN3O3S. The number of halogens is 1. The Labute approximate surface area is 168 Å². The Bertz CT molecular complexity index is 706. The van der Waals surface area contributed by atoms with Crippen molar-refractivity contribution < 1.29 is 13.2 Å². The van der Waals surface area contributed by atoms with Crippen molar-refractivity contribution in [2.75, 3.05) is 32.7 Å². The first-order chi connectivity index (χ1) is 12.5. The minimum Gasteiger partial charge on any atom is -0.341 e. The Balaban J connectivity index is 0.00000261. The van der Waals surface area contributed by atoms with Gasteiger partial charge in [-0.05, 0) is 56.8 Å². The number of benzene rings is 1. The second-order valence-electron chi connectivity index (χ2n) is 7.16. The first-order valence-electron chi connectivity index (χ1n) is 9.60. The van der Waals surface area contributed by atoms with Crippen LogP contribution in [0.5, 0.6) is 0 Å². The second-order valence-corrected chi connectivity index (χ2v) is 9.05. The summed E-state index contributed by atoms with van der Waals surface area (Å²) < 4.78 is 27.3. The molecule has 6 nitrogen and oxygen atoms in total. The normalized spacial score (nSPS) is 21.8. The van der Waals surface area contributed by atoms with Gasteiger partial charge in [0.25, 0.3) is 0 Å². The van der Waals surface area contributed by atoms with Crippen molar-refractivity contribution in [3.8, 4) is 0 Å². The van der Waals surface area contributed by atoms with Gasteiger partial charge in [-0.15, -0.1) is 12.4 Å². The van der Waals surface area contributed by atoms with E-state index in [4.69, 9.17) is 0 Å². The molecule has 0 aromatic heterocycles. The van der Waals surface area contributed by atoms with Gasteiger partial charge in [-0.1, -0.05) is 25.1 Å². The van der Waals surface area contributed by atoms with E-state index in [1.54, 1.807) is 30.3 Å². The summed E-state index contributed by atoms with van der Waals surface area (Å²) >= 11 is 0. The summed E-state index contributed by atoms with van der Waals surface area (Å²) in [7, 11) is -3.62. The fraction of sp³-hybridized carbons (Fsp3) is 0.632. The van der Waals surface area contributed by atoms with E-state index >= 15 is 0 Å². The average Bonchev–Trinajstić information content (AvgIpc) is 3.17. The molecule has 1 aromatic carbocycles. The molecular weight excluding hydrogens is 386 g/mol. The largest absolute Gasteiger partial charge is 0.341 e. The summed E-state index contributed by atoms with van der Waals surface area (Å²) in [5, 5.41) is 3.37. The van der Waals surface area contributed by atoms with E-state index in [0.717, 1.165) is 45.4 Å². The maximum atomic E-state index is 13.0. The molecule has 8 heteroatoms. The summed E-state index contributed by atoms with van der Waals surface area (Å²) in [4.78, 5) is 15.1. The number of nitrogens with zero attached hydrogens (tertiary/aromatic N) is 2. The third kappa shape index (κ3) is 5.02. The average molecular weight is 416 g/mol. The molecule has 27 heavy (non-hydrogen) atoms. The van der Waals surface area contributed by atoms with E-state index < -0.39 is 16.1 Å². The molecule has 0 spiro atoms. The maximum Gasteiger partial charge on any atom is 0.243 e. The van der Waals surface area contributed by atoms with Crippen LogP contribution in [0.3, 0.4) is 0 Å². The van der Waals surface area contributed by atoms with Crippen molar-refractivity contribution in [3.05, 3.63) is 30.3 Å². The standard InChI is InChI=1S/C19H29N3O3S.ClH/c1-2-20-15-16-10-13-21(14-11-16)19(23)18-9-6-12-22(18)26(24,25)17-7-4-3-5-8-17;/h3-5,7-8,16,18,20H,2,6,9-15H2,1H3;1H. The van der Waals surface area contributed by atoms with Crippen LogP contribution in [-0.4, -0.2) is 62.3 Å². The zero-order valence-corrected chi connectivity index (χ0v) is 17.5. The smallest absolute Gasteiger partial charge is 0.243 e. The Morgan fingerprint density at radius 2 is 1.78 bits per heavy atom. The molecule has 1 aromatic rings. The first-order valence-corrected chi connectivity index (χ1v) is 11.0. The van der Waals surface area contributed by atoms with Crippen molar-refractivity contribution in [2.45, 2.75) is 43.5 Å². The van der Waals surface area contributed by atoms with Gasteiger partial charge in [0.1, 0.15) is 6.04 Å². The van der Waals surface area contributed by atoms with Gasteiger partial charge in [0.05, 0.1) is 4.90 Å². The molecule has 0 bridgehead atoms. The first kappa shape index (κ1) is 22.1. The molecule has 1 atom stereocenters. The number of rotatable bonds is 6. The highest BCUT2D eigenvalue weighted by molar-refractivity contribution is 7.89. The van der Waals surface area contributed by atoms with Crippen LogP contribution < -0.4 is 5.32 Å². The third-order valence-corrected chi connectivity index (χ3v) is 7.37. The van der Waals surface area contributed by atoms with Crippen molar-refractivity contribution >= 4 is 28.3 Å². The van der Waals surface area contributed by atoms with Crippen LogP contribution in [0.2, 0.25) is 0 Å². The molecule has 1 N–H and O–H groups in total. The molecule has 2 aliphatic rings. The molecule has 0 radical (unpaired) electrons. The molecule has 1 unspecified atom stereocenters. The van der Waals surface area contributed by atoms with Gasteiger partial charge >= 0.3 is 0 Å². The number of nitrogens with one attached hydrogen (secondary N) is 1. The van der Waals surface area contributed by atoms with Crippen molar-refractivity contribution in [1.82, 2.24) is 14.5 Å². The Hall–Kier alpha value is -1.15. The van der Waals surface area contributed by atoms with Crippen molar-refractivity contribution in [1.29, 1.82) is 0 Å². The number of amides is 1. The summed E-state index contributed by atoms with van der Waals surface area (Å²) in [5.74, 6) is 0.579. The number of sulfonamides is 1. The van der Waals surface area contributed by atoms with E-state index in [9.17, 15) is 13.2 Å². The predicted octanol–water partition coefficient (Wildman–Crippen LogP) is 2.11. The van der Waals surface area contributed by atoms with Gasteiger partial charge < -0.3 is 10.2 Å². The number of piperidine rings is 1. The molecule has 1 amide bonds. The Kier molecular flexibility index (Phi) is 8.09. The minimum absolute atomic E-state index is 0. The number of carbonyl (C=O) groups excluding carboxylic acids is 1. The highest BCUT2D eigenvalue weighted by atomic mass is 35.5. The molecule has 2 fully saturated rings. The highest BCUT2D eigenvalue weighted by Crippen LogP contribution is 2.28. The fourth-order valence-corrected chi connectivity index (χ4v) is 5.59. The molecule has 2 heterocycles. The summed E-state index contributed by atoms with van der Waals surface area (Å²) in [6.07, 6.45) is 3.31. The van der Waals surface area contributed by atoms with E-state index in [-0.39, 0.29) is 23.2 Å². The number of hydrogen-bond donors (Lipinski definition) is 1. The minimum atomic E-state index is -3.62. The lowest BCUT2D eigenvalue weighted by atomic mass is 9.96. The van der Waals surface area contributed by atoms with Gasteiger partial charge in [0, 0.05) is 19.6 Å². The van der Waals surface area contributed by atoms with Gasteiger partial charge in [0.15, 0.2) is 0 Å². The lowest BCUT2D eigenvalue weighted by molar-refractivity contribution is -0.136. The summed E-state index contributed by atoms with van der Waals surface area (Å²) in [6, 6.07) is 7.88. The summed E-state index contributed by atoms with van der Waals surface area (Å²) in [6.45, 7) is 5.93. The van der Waals surface area contributed by atoms with Crippen molar-refractivity contribution in [2.24, 2.45) is 5.92 Å².